The van der Waals surface area contributed by atoms with Crippen LogP contribution >= 0.6 is 0 Å². The second-order valence-corrected chi connectivity index (χ2v) is 7.76. The molecule has 136 valence electrons. The number of aryl methyl sites for hydroxylation is 2. The second-order valence-electron chi connectivity index (χ2n) is 7.76. The molecule has 0 saturated carbocycles. The number of nitrogens with zero attached hydrogens (tertiary/aromatic N) is 2. The van der Waals surface area contributed by atoms with Gasteiger partial charge < -0.3 is 4.90 Å². The molecule has 2 aromatic rings. The Kier molecular flexibility index (Phi) is 5.07. The van der Waals surface area contributed by atoms with Crippen LogP contribution in [0.1, 0.15) is 36.0 Å². The van der Waals surface area contributed by atoms with Gasteiger partial charge in [0.15, 0.2) is 0 Å². The van der Waals surface area contributed by atoms with Crippen LogP contribution in [0.5, 0.6) is 0 Å². The lowest BCUT2D eigenvalue weighted by atomic mass is 9.92. The first kappa shape index (κ1) is 17.3. The summed E-state index contributed by atoms with van der Waals surface area (Å²) in [5.74, 6) is 0.517. The monoisotopic (exact) mass is 348 g/mol. The lowest BCUT2D eigenvalue weighted by molar-refractivity contribution is -0.123. The fourth-order valence-electron chi connectivity index (χ4n) is 4.35. The summed E-state index contributed by atoms with van der Waals surface area (Å²) in [7, 11) is 0. The van der Waals surface area contributed by atoms with E-state index in [2.05, 4.69) is 65.3 Å². The lowest BCUT2D eigenvalue weighted by Crippen LogP contribution is -2.44. The van der Waals surface area contributed by atoms with Crippen LogP contribution in [-0.4, -0.2) is 30.4 Å². The van der Waals surface area contributed by atoms with Gasteiger partial charge >= 0.3 is 0 Å². The number of hydrogen-bond donors (Lipinski definition) is 0. The molecule has 0 bridgehead atoms. The van der Waals surface area contributed by atoms with E-state index in [0.717, 1.165) is 57.5 Å². The van der Waals surface area contributed by atoms with Crippen LogP contribution in [0.3, 0.4) is 0 Å². The molecule has 2 heterocycles. The van der Waals surface area contributed by atoms with Crippen LogP contribution in [0, 0.1) is 12.8 Å². The maximum Gasteiger partial charge on any atom is 0.230 e. The van der Waals surface area contributed by atoms with Crippen LogP contribution in [0.2, 0.25) is 0 Å². The molecule has 1 fully saturated rings. The molecule has 0 aliphatic carbocycles. The van der Waals surface area contributed by atoms with Gasteiger partial charge in [0, 0.05) is 24.7 Å². The van der Waals surface area contributed by atoms with E-state index < -0.39 is 0 Å². The molecular formula is C23H28N2O. The zero-order valence-corrected chi connectivity index (χ0v) is 15.7. The Morgan fingerprint density at radius 3 is 2.58 bits per heavy atom. The lowest BCUT2D eigenvalue weighted by Gasteiger charge is -2.36. The van der Waals surface area contributed by atoms with Crippen molar-refractivity contribution >= 4 is 11.6 Å². The third-order valence-electron chi connectivity index (χ3n) is 5.81. The number of carbonyl (C=O) groups excluding carboxylic acids is 1. The Bertz CT molecular complexity index is 763. The van der Waals surface area contributed by atoms with Gasteiger partial charge in [-0.05, 0) is 62.9 Å². The SMILES string of the molecule is Cc1ccc2c(c1)CCCN2C(=O)C1CCN(Cc2ccccc2)CC1. The molecule has 0 spiro atoms. The number of benzene rings is 2. The smallest absolute Gasteiger partial charge is 0.230 e. The number of fused-ring (bicyclic) bond motifs is 1. The van der Waals surface area contributed by atoms with Crippen LogP contribution in [0.4, 0.5) is 5.69 Å². The average molecular weight is 348 g/mol. The van der Waals surface area contributed by atoms with Gasteiger partial charge in [-0.2, -0.15) is 0 Å². The number of piperidine rings is 1. The van der Waals surface area contributed by atoms with E-state index in [1.165, 1.54) is 16.7 Å². The van der Waals surface area contributed by atoms with Crippen molar-refractivity contribution in [2.45, 2.75) is 39.2 Å². The van der Waals surface area contributed by atoms with Gasteiger partial charge in [-0.1, -0.05) is 48.0 Å². The van der Waals surface area contributed by atoms with E-state index >= 15 is 0 Å². The molecule has 1 saturated heterocycles. The summed E-state index contributed by atoms with van der Waals surface area (Å²) in [6.07, 6.45) is 4.12. The minimum Gasteiger partial charge on any atom is -0.312 e. The molecule has 2 aromatic carbocycles. The maximum absolute atomic E-state index is 13.2. The summed E-state index contributed by atoms with van der Waals surface area (Å²) in [6, 6.07) is 17.2. The average Bonchev–Trinajstić information content (AvgIpc) is 2.68. The fourth-order valence-corrected chi connectivity index (χ4v) is 4.35. The third kappa shape index (κ3) is 3.68. The zero-order valence-electron chi connectivity index (χ0n) is 15.7. The highest BCUT2D eigenvalue weighted by atomic mass is 16.2. The molecule has 0 N–H and O–H groups in total. The fraction of sp³-hybridized carbons (Fsp3) is 0.435. The van der Waals surface area contributed by atoms with Crippen LogP contribution in [0.15, 0.2) is 48.5 Å². The molecule has 0 unspecified atom stereocenters. The van der Waals surface area contributed by atoms with Gasteiger partial charge in [-0.25, -0.2) is 0 Å². The van der Waals surface area contributed by atoms with Crippen molar-refractivity contribution in [3.8, 4) is 0 Å². The van der Waals surface area contributed by atoms with E-state index in [9.17, 15) is 4.79 Å². The highest BCUT2D eigenvalue weighted by molar-refractivity contribution is 5.96. The Balaban J connectivity index is 1.39. The number of carbonyl (C=O) groups is 1. The van der Waals surface area contributed by atoms with Crippen molar-refractivity contribution in [1.82, 2.24) is 4.90 Å². The first-order valence-corrected chi connectivity index (χ1v) is 9.88. The number of hydrogen-bond acceptors (Lipinski definition) is 2. The summed E-state index contributed by atoms with van der Waals surface area (Å²) in [6.45, 7) is 6.02. The summed E-state index contributed by atoms with van der Waals surface area (Å²) < 4.78 is 0. The largest absolute Gasteiger partial charge is 0.312 e. The number of likely N-dealkylation sites (tertiary alicyclic amines) is 1. The van der Waals surface area contributed by atoms with Crippen molar-refractivity contribution in [3.63, 3.8) is 0 Å². The van der Waals surface area contributed by atoms with E-state index in [4.69, 9.17) is 0 Å². The molecule has 2 aliphatic heterocycles. The number of amides is 1. The molecule has 1 amide bonds. The van der Waals surface area contributed by atoms with Crippen LogP contribution < -0.4 is 4.90 Å². The predicted molar refractivity (Wildman–Crippen MR) is 106 cm³/mol. The molecular weight excluding hydrogens is 320 g/mol. The Hall–Kier alpha value is -2.13. The van der Waals surface area contributed by atoms with E-state index in [-0.39, 0.29) is 5.92 Å². The van der Waals surface area contributed by atoms with Gasteiger partial charge in [0.1, 0.15) is 0 Å². The van der Waals surface area contributed by atoms with Gasteiger partial charge in [-0.15, -0.1) is 0 Å². The van der Waals surface area contributed by atoms with E-state index in [0.29, 0.717) is 5.91 Å². The minimum absolute atomic E-state index is 0.175. The van der Waals surface area contributed by atoms with Gasteiger partial charge in [0.2, 0.25) is 5.91 Å². The quantitative estimate of drug-likeness (QED) is 0.830. The molecule has 3 heteroatoms. The summed E-state index contributed by atoms with van der Waals surface area (Å²) in [5.41, 5.74) is 5.13. The first-order valence-electron chi connectivity index (χ1n) is 9.88. The predicted octanol–water partition coefficient (Wildman–Crippen LogP) is 4.19. The standard InChI is InChI=1S/C23H28N2O/c1-18-9-10-22-21(16-18)8-5-13-25(22)23(26)20-11-14-24(15-12-20)17-19-6-3-2-4-7-19/h2-4,6-7,9-10,16,20H,5,8,11-15,17H2,1H3. The van der Waals surface area contributed by atoms with Gasteiger partial charge in [0.05, 0.1) is 0 Å². The Labute approximate surface area is 156 Å². The molecule has 4 rings (SSSR count). The summed E-state index contributed by atoms with van der Waals surface area (Å²) in [4.78, 5) is 17.7. The van der Waals surface area contributed by atoms with Crippen molar-refractivity contribution < 1.29 is 4.79 Å². The van der Waals surface area contributed by atoms with Crippen LogP contribution in [-0.2, 0) is 17.8 Å². The molecule has 26 heavy (non-hydrogen) atoms. The molecule has 3 nitrogen and oxygen atoms in total. The highest BCUT2D eigenvalue weighted by Gasteiger charge is 2.31. The molecule has 0 radical (unpaired) electrons. The minimum atomic E-state index is 0.175. The normalized spacial score (nSPS) is 18.6. The zero-order chi connectivity index (χ0) is 17.9. The van der Waals surface area contributed by atoms with Crippen molar-refractivity contribution in [2.75, 3.05) is 24.5 Å². The second kappa shape index (κ2) is 7.63. The van der Waals surface area contributed by atoms with Gasteiger partial charge in [-0.3, -0.25) is 9.69 Å². The van der Waals surface area contributed by atoms with Gasteiger partial charge in [0.25, 0.3) is 0 Å². The number of anilines is 1. The first-order chi connectivity index (χ1) is 12.7. The topological polar surface area (TPSA) is 23.6 Å². The molecule has 0 atom stereocenters. The molecule has 2 aliphatic rings. The molecule has 0 aromatic heterocycles. The van der Waals surface area contributed by atoms with Crippen LogP contribution in [0.25, 0.3) is 0 Å². The maximum atomic E-state index is 13.2. The third-order valence-corrected chi connectivity index (χ3v) is 5.81. The Morgan fingerprint density at radius 2 is 1.81 bits per heavy atom. The van der Waals surface area contributed by atoms with Crippen molar-refractivity contribution in [1.29, 1.82) is 0 Å². The summed E-state index contributed by atoms with van der Waals surface area (Å²) >= 11 is 0. The Morgan fingerprint density at radius 1 is 1.04 bits per heavy atom. The number of rotatable bonds is 3. The van der Waals surface area contributed by atoms with E-state index in [1.54, 1.807) is 0 Å². The highest BCUT2D eigenvalue weighted by Crippen LogP contribution is 2.31. The van der Waals surface area contributed by atoms with Crippen molar-refractivity contribution in [3.05, 3.63) is 65.2 Å². The summed E-state index contributed by atoms with van der Waals surface area (Å²) in [5, 5.41) is 0. The van der Waals surface area contributed by atoms with E-state index in [1.807, 2.05) is 0 Å². The van der Waals surface area contributed by atoms with Crippen molar-refractivity contribution in [2.24, 2.45) is 5.92 Å².